The van der Waals surface area contributed by atoms with E-state index in [-0.39, 0.29) is 6.10 Å². The Morgan fingerprint density at radius 2 is 1.98 bits per heavy atom. The van der Waals surface area contributed by atoms with Crippen LogP contribution >= 0.6 is 0 Å². The number of pyridine rings is 2. The maximum atomic E-state index is 6.24. The Labute approximate surface area is 244 Å². The zero-order chi connectivity index (χ0) is 28.9. The number of aromatic amines is 1. The van der Waals surface area contributed by atoms with Gasteiger partial charge < -0.3 is 19.8 Å². The predicted octanol–water partition coefficient (Wildman–Crippen LogP) is 4.64. The van der Waals surface area contributed by atoms with E-state index in [1.165, 1.54) is 0 Å². The summed E-state index contributed by atoms with van der Waals surface area (Å²) in [6.07, 6.45) is 9.47. The lowest BCUT2D eigenvalue weighted by Gasteiger charge is -2.24. The first kappa shape index (κ1) is 27.5. The second-order valence-electron chi connectivity index (χ2n) is 10.3. The molecular weight excluding hydrogens is 528 g/mol. The highest BCUT2D eigenvalue weighted by Crippen LogP contribution is 2.30. The Kier molecular flexibility index (Phi) is 8.16. The molecule has 0 bridgehead atoms. The lowest BCUT2D eigenvalue weighted by Crippen LogP contribution is -2.32. The summed E-state index contributed by atoms with van der Waals surface area (Å²) < 4.78 is 11.7. The monoisotopic (exact) mass is 562 g/mol. The number of rotatable bonds is 8. The van der Waals surface area contributed by atoms with Crippen LogP contribution in [0.1, 0.15) is 42.5 Å². The Hall–Kier alpha value is -4.67. The molecule has 0 unspecified atom stereocenters. The number of ether oxygens (including phenoxy) is 2. The van der Waals surface area contributed by atoms with Gasteiger partial charge in [-0.3, -0.25) is 20.3 Å². The third-order valence-electron chi connectivity index (χ3n) is 7.39. The molecule has 0 radical (unpaired) electrons. The van der Waals surface area contributed by atoms with Crippen LogP contribution in [0, 0.1) is 0 Å². The minimum absolute atomic E-state index is 0.203. The van der Waals surface area contributed by atoms with E-state index in [1.807, 2.05) is 49.5 Å². The number of benzene rings is 1. The fraction of sp³-hybridized carbons (Fsp3) is 0.281. The highest BCUT2D eigenvalue weighted by atomic mass is 16.5. The molecule has 0 saturated carbocycles. The van der Waals surface area contributed by atoms with E-state index in [4.69, 9.17) is 24.4 Å². The van der Waals surface area contributed by atoms with Crippen molar-refractivity contribution >= 4 is 29.0 Å². The third kappa shape index (κ3) is 5.86. The van der Waals surface area contributed by atoms with Crippen LogP contribution in [0.4, 0.5) is 0 Å². The van der Waals surface area contributed by atoms with Crippen molar-refractivity contribution in [1.29, 1.82) is 0 Å². The Morgan fingerprint density at radius 1 is 1.10 bits per heavy atom. The first-order valence-electron chi connectivity index (χ1n) is 14.1. The number of piperidine rings is 1. The molecule has 2 aliphatic heterocycles. The summed E-state index contributed by atoms with van der Waals surface area (Å²) in [5.74, 6) is 2.22. The van der Waals surface area contributed by atoms with Crippen LogP contribution in [0.3, 0.4) is 0 Å². The van der Waals surface area contributed by atoms with E-state index in [0.717, 1.165) is 82.1 Å². The number of aliphatic imine (C=N–C) groups is 2. The van der Waals surface area contributed by atoms with Crippen molar-refractivity contribution in [2.45, 2.75) is 32.4 Å². The largest absolute Gasteiger partial charge is 0.497 e. The van der Waals surface area contributed by atoms with Crippen molar-refractivity contribution in [2.75, 3.05) is 26.9 Å². The van der Waals surface area contributed by atoms with Gasteiger partial charge in [0.1, 0.15) is 17.6 Å². The van der Waals surface area contributed by atoms with Gasteiger partial charge >= 0.3 is 0 Å². The summed E-state index contributed by atoms with van der Waals surface area (Å²) in [5, 5.41) is 6.74. The van der Waals surface area contributed by atoms with Gasteiger partial charge in [0.05, 0.1) is 48.2 Å². The molecule has 214 valence electrons. The second kappa shape index (κ2) is 12.5. The van der Waals surface area contributed by atoms with Gasteiger partial charge in [-0.1, -0.05) is 18.2 Å². The van der Waals surface area contributed by atoms with Crippen LogP contribution in [-0.4, -0.2) is 65.3 Å². The van der Waals surface area contributed by atoms with Crippen molar-refractivity contribution in [3.63, 3.8) is 0 Å². The minimum Gasteiger partial charge on any atom is -0.497 e. The average molecular weight is 563 g/mol. The van der Waals surface area contributed by atoms with Crippen molar-refractivity contribution in [3.05, 3.63) is 89.6 Å². The minimum atomic E-state index is 0.203. The van der Waals surface area contributed by atoms with E-state index in [9.17, 15) is 0 Å². The number of methoxy groups -OCH3 is 1. The first-order chi connectivity index (χ1) is 20.6. The smallest absolute Gasteiger partial charge is 0.159 e. The number of hydrogen-bond donors (Lipinski definition) is 3. The molecule has 0 atom stereocenters. The molecular formula is C32H34N8O2. The van der Waals surface area contributed by atoms with Crippen LogP contribution in [0.2, 0.25) is 0 Å². The van der Waals surface area contributed by atoms with Crippen LogP contribution < -0.4 is 15.4 Å². The number of nitrogens with one attached hydrogen (secondary N) is 3. The number of H-pyrrole nitrogens is 1. The van der Waals surface area contributed by atoms with Gasteiger partial charge in [0.15, 0.2) is 5.82 Å². The number of imidazole rings is 1. The molecule has 0 spiro atoms. The molecule has 2 aliphatic rings. The van der Waals surface area contributed by atoms with Gasteiger partial charge in [0.2, 0.25) is 0 Å². The molecule has 3 N–H and O–H groups in total. The summed E-state index contributed by atoms with van der Waals surface area (Å²) >= 11 is 0. The molecule has 0 amide bonds. The number of fused-ring (bicyclic) bond motifs is 2. The molecule has 42 heavy (non-hydrogen) atoms. The van der Waals surface area contributed by atoms with Gasteiger partial charge in [-0.25, -0.2) is 9.97 Å². The van der Waals surface area contributed by atoms with Crippen LogP contribution in [0.25, 0.3) is 27.7 Å². The van der Waals surface area contributed by atoms with E-state index in [0.29, 0.717) is 24.7 Å². The van der Waals surface area contributed by atoms with Crippen molar-refractivity contribution in [1.82, 2.24) is 30.6 Å². The fourth-order valence-electron chi connectivity index (χ4n) is 5.34. The third-order valence-corrected chi connectivity index (χ3v) is 7.39. The van der Waals surface area contributed by atoms with Gasteiger partial charge in [0.25, 0.3) is 0 Å². The molecule has 4 aromatic rings. The Morgan fingerprint density at radius 3 is 2.81 bits per heavy atom. The van der Waals surface area contributed by atoms with E-state index in [2.05, 4.69) is 38.4 Å². The predicted molar refractivity (Wildman–Crippen MR) is 166 cm³/mol. The Balaban J connectivity index is 1.37. The van der Waals surface area contributed by atoms with E-state index >= 15 is 0 Å². The molecule has 1 fully saturated rings. The van der Waals surface area contributed by atoms with E-state index < -0.39 is 0 Å². The van der Waals surface area contributed by atoms with Crippen molar-refractivity contribution in [2.24, 2.45) is 9.98 Å². The molecule has 1 saturated heterocycles. The zero-order valence-corrected chi connectivity index (χ0v) is 23.9. The molecule has 10 nitrogen and oxygen atoms in total. The zero-order valence-electron chi connectivity index (χ0n) is 23.9. The molecule has 3 aromatic heterocycles. The highest BCUT2D eigenvalue weighted by molar-refractivity contribution is 6.12. The molecule has 0 aliphatic carbocycles. The van der Waals surface area contributed by atoms with Crippen molar-refractivity contribution in [3.8, 4) is 16.9 Å². The lowest BCUT2D eigenvalue weighted by atomic mass is 10.1. The number of nitrogens with zero attached hydrogens (tertiary/aromatic N) is 5. The Bertz CT molecular complexity index is 1700. The topological polar surface area (TPSA) is 122 Å². The summed E-state index contributed by atoms with van der Waals surface area (Å²) in [7, 11) is 1.66. The number of allylic oxidation sites excluding steroid dienone is 3. The summed E-state index contributed by atoms with van der Waals surface area (Å²) in [6.45, 7) is 8.68. The fourth-order valence-corrected chi connectivity index (χ4v) is 5.34. The van der Waals surface area contributed by atoms with Crippen molar-refractivity contribution < 1.29 is 9.47 Å². The van der Waals surface area contributed by atoms with Gasteiger partial charge in [-0.05, 0) is 75.0 Å². The second-order valence-corrected chi connectivity index (χ2v) is 10.3. The maximum Gasteiger partial charge on any atom is 0.159 e. The number of aromatic nitrogens is 4. The van der Waals surface area contributed by atoms with Crippen LogP contribution in [0.5, 0.6) is 5.75 Å². The maximum absolute atomic E-state index is 6.24. The molecule has 5 heterocycles. The normalized spacial score (nSPS) is 16.5. The standard InChI is InChI=1S/C32H34N8O2/c1-20(42-24-9-11-34-12-10-24)13-23(15-33-2)27-8-7-22-16-36-19-37-31(29(22)38-27)32-39-28-18-35-17-26(30(28)40-32)21-5-4-6-25(14-21)41-3/h4-8,13-15,17-18,24,34,36H,2,9-12,16,19H2,1,3H3,(H,39,40)/b20-13+,23-15+. The quantitative estimate of drug-likeness (QED) is 0.162. The number of hydrogen-bond acceptors (Lipinski definition) is 9. The first-order valence-corrected chi connectivity index (χ1v) is 14.1. The van der Waals surface area contributed by atoms with Gasteiger partial charge in [0, 0.05) is 30.1 Å². The van der Waals surface area contributed by atoms with Gasteiger partial charge in [-0.2, -0.15) is 0 Å². The summed E-state index contributed by atoms with van der Waals surface area (Å²) in [5.41, 5.74) is 7.51. The molecule has 1 aromatic carbocycles. The van der Waals surface area contributed by atoms with Gasteiger partial charge in [-0.15, -0.1) is 0 Å². The molecule has 10 heteroatoms. The molecule has 6 rings (SSSR count). The SMILES string of the molecule is C=N/C=C(\C=C(/C)OC1CCNCC1)c1ccc2c(n1)C(c1nc3c(-c4cccc(OC)c4)cncc3[nH]1)=NCNC2. The van der Waals surface area contributed by atoms with E-state index in [1.54, 1.807) is 19.5 Å². The van der Waals surface area contributed by atoms with Crippen LogP contribution in [-0.2, 0) is 11.3 Å². The lowest BCUT2D eigenvalue weighted by molar-refractivity contribution is 0.0896. The highest BCUT2D eigenvalue weighted by Gasteiger charge is 2.22. The van der Waals surface area contributed by atoms with Crippen LogP contribution in [0.15, 0.2) is 76.8 Å². The summed E-state index contributed by atoms with van der Waals surface area (Å²) in [6, 6.07) is 12.0. The summed E-state index contributed by atoms with van der Waals surface area (Å²) in [4.78, 5) is 26.9. The average Bonchev–Trinajstić information content (AvgIpc) is 3.34.